The summed E-state index contributed by atoms with van der Waals surface area (Å²) in [6, 6.07) is 2.58. The Balaban J connectivity index is 2.55. The number of benzene rings is 2. The summed E-state index contributed by atoms with van der Waals surface area (Å²) < 4.78 is 11.6. The van der Waals surface area contributed by atoms with Crippen LogP contribution in [-0.2, 0) is 12.8 Å². The summed E-state index contributed by atoms with van der Waals surface area (Å²) in [6.07, 6.45) is 4.69. The van der Waals surface area contributed by atoms with Crippen LogP contribution in [0.1, 0.15) is 38.8 Å². The average molecular weight is 410 g/mol. The lowest BCUT2D eigenvalue weighted by Crippen LogP contribution is -2.08. The third-order valence-electron chi connectivity index (χ3n) is 4.99. The van der Waals surface area contributed by atoms with Crippen molar-refractivity contribution < 1.29 is 24.5 Å². The van der Waals surface area contributed by atoms with Gasteiger partial charge in [-0.25, -0.2) is 0 Å². The summed E-state index contributed by atoms with van der Waals surface area (Å²) in [5.74, 6) is -0.695. The molecular formula is C24H26O6. The van der Waals surface area contributed by atoms with Crippen LogP contribution >= 0.6 is 0 Å². The van der Waals surface area contributed by atoms with E-state index < -0.39 is 16.9 Å². The van der Waals surface area contributed by atoms with E-state index in [1.165, 1.54) is 19.2 Å². The lowest BCUT2D eigenvalue weighted by atomic mass is 9.96. The molecule has 0 radical (unpaired) electrons. The second-order valence-electron chi connectivity index (χ2n) is 7.76. The molecule has 30 heavy (non-hydrogen) atoms. The van der Waals surface area contributed by atoms with Gasteiger partial charge in [0.05, 0.1) is 12.5 Å². The van der Waals surface area contributed by atoms with E-state index >= 15 is 0 Å². The summed E-state index contributed by atoms with van der Waals surface area (Å²) in [7, 11) is 1.50. The number of allylic oxidation sites excluding steroid dienone is 4. The molecule has 6 nitrogen and oxygen atoms in total. The van der Waals surface area contributed by atoms with Gasteiger partial charge in [-0.3, -0.25) is 4.79 Å². The third-order valence-corrected chi connectivity index (χ3v) is 4.99. The lowest BCUT2D eigenvalue weighted by molar-refractivity contribution is 0.395. The molecule has 2 aromatic carbocycles. The fraction of sp³-hybridized carbons (Fsp3) is 0.292. The standard InChI is InChI=1S/C24H26O6/c1-12(2)6-8-14-19(26)18-20(27)15-10-11-17(25)21(28)24(15)30-23(18)16(22(14)29-5)9-7-13(3)4/h6-7,10-11,25-26,28H,8-9H2,1-5H3. The maximum Gasteiger partial charge on any atom is 0.204 e. The van der Waals surface area contributed by atoms with E-state index in [1.807, 2.05) is 39.8 Å². The van der Waals surface area contributed by atoms with Crippen LogP contribution in [0.3, 0.4) is 0 Å². The van der Waals surface area contributed by atoms with Crippen LogP contribution in [-0.4, -0.2) is 22.4 Å². The Hall–Kier alpha value is -3.41. The first-order valence-electron chi connectivity index (χ1n) is 9.66. The highest BCUT2D eigenvalue weighted by molar-refractivity contribution is 5.99. The van der Waals surface area contributed by atoms with Gasteiger partial charge in [-0.15, -0.1) is 0 Å². The van der Waals surface area contributed by atoms with Gasteiger partial charge in [-0.2, -0.15) is 0 Å². The summed E-state index contributed by atoms with van der Waals surface area (Å²) >= 11 is 0. The van der Waals surface area contributed by atoms with Crippen molar-refractivity contribution in [3.63, 3.8) is 0 Å². The van der Waals surface area contributed by atoms with Gasteiger partial charge < -0.3 is 24.5 Å². The fourth-order valence-electron chi connectivity index (χ4n) is 3.44. The molecule has 0 saturated heterocycles. The Morgan fingerprint density at radius 1 is 0.933 bits per heavy atom. The molecule has 0 spiro atoms. The minimum absolute atomic E-state index is 0.0303. The molecule has 0 aliphatic heterocycles. The zero-order valence-corrected chi connectivity index (χ0v) is 17.8. The Kier molecular flexibility index (Phi) is 5.78. The first kappa shape index (κ1) is 21.3. The van der Waals surface area contributed by atoms with Gasteiger partial charge in [0.2, 0.25) is 11.2 Å². The number of hydrogen-bond acceptors (Lipinski definition) is 6. The van der Waals surface area contributed by atoms with Crippen LogP contribution in [0.25, 0.3) is 21.9 Å². The minimum Gasteiger partial charge on any atom is -0.507 e. The number of rotatable bonds is 5. The van der Waals surface area contributed by atoms with E-state index in [2.05, 4.69) is 0 Å². The zero-order chi connectivity index (χ0) is 22.2. The summed E-state index contributed by atoms with van der Waals surface area (Å²) in [6.45, 7) is 7.81. The predicted octanol–water partition coefficient (Wildman–Crippen LogP) is 5.09. The first-order chi connectivity index (χ1) is 14.2. The topological polar surface area (TPSA) is 100 Å². The van der Waals surface area contributed by atoms with Gasteiger partial charge >= 0.3 is 0 Å². The van der Waals surface area contributed by atoms with E-state index in [4.69, 9.17) is 9.15 Å². The fourth-order valence-corrected chi connectivity index (χ4v) is 3.44. The summed E-state index contributed by atoms with van der Waals surface area (Å²) in [4.78, 5) is 13.3. The Bertz CT molecular complexity index is 1250. The molecule has 0 unspecified atom stereocenters. The molecule has 1 heterocycles. The normalized spacial score (nSPS) is 11.0. The van der Waals surface area contributed by atoms with Crippen LogP contribution in [0.4, 0.5) is 0 Å². The van der Waals surface area contributed by atoms with E-state index in [9.17, 15) is 20.1 Å². The molecule has 0 saturated carbocycles. The predicted molar refractivity (Wildman–Crippen MR) is 118 cm³/mol. The van der Waals surface area contributed by atoms with E-state index in [-0.39, 0.29) is 27.7 Å². The largest absolute Gasteiger partial charge is 0.507 e. The number of ether oxygens (including phenoxy) is 1. The maximum absolute atomic E-state index is 13.3. The van der Waals surface area contributed by atoms with E-state index in [0.717, 1.165) is 11.1 Å². The van der Waals surface area contributed by atoms with Crippen LogP contribution < -0.4 is 10.2 Å². The number of hydrogen-bond donors (Lipinski definition) is 3. The third kappa shape index (κ3) is 3.61. The number of phenols is 3. The summed E-state index contributed by atoms with van der Waals surface area (Å²) in [5, 5.41) is 31.2. The van der Waals surface area contributed by atoms with Gasteiger partial charge in [-0.1, -0.05) is 23.3 Å². The zero-order valence-electron chi connectivity index (χ0n) is 17.8. The number of aromatic hydroxyl groups is 3. The molecule has 158 valence electrons. The van der Waals surface area contributed by atoms with Gasteiger partial charge in [0.15, 0.2) is 11.3 Å². The van der Waals surface area contributed by atoms with Gasteiger partial charge in [0.1, 0.15) is 22.5 Å². The van der Waals surface area contributed by atoms with Crippen LogP contribution in [0, 0.1) is 0 Å². The highest BCUT2D eigenvalue weighted by Gasteiger charge is 2.25. The van der Waals surface area contributed by atoms with Crippen LogP contribution in [0.5, 0.6) is 23.0 Å². The summed E-state index contributed by atoms with van der Waals surface area (Å²) in [5.41, 5.74) is 2.72. The van der Waals surface area contributed by atoms with Crippen LogP contribution in [0.2, 0.25) is 0 Å². The van der Waals surface area contributed by atoms with Gasteiger partial charge in [-0.05, 0) is 52.7 Å². The number of phenolic OH excluding ortho intramolecular Hbond substituents is 3. The second-order valence-corrected chi connectivity index (χ2v) is 7.76. The monoisotopic (exact) mass is 410 g/mol. The molecule has 0 aliphatic carbocycles. The molecule has 0 aliphatic rings. The molecule has 0 fully saturated rings. The van der Waals surface area contributed by atoms with Crippen molar-refractivity contribution in [1.29, 1.82) is 0 Å². The molecule has 1 aromatic heterocycles. The number of fused-ring (bicyclic) bond motifs is 2. The highest BCUT2D eigenvalue weighted by atomic mass is 16.5. The average Bonchev–Trinajstić information content (AvgIpc) is 2.68. The molecule has 3 rings (SSSR count). The second kappa shape index (κ2) is 8.14. The van der Waals surface area contributed by atoms with Crippen molar-refractivity contribution in [2.75, 3.05) is 7.11 Å². The van der Waals surface area contributed by atoms with Crippen molar-refractivity contribution >= 4 is 21.9 Å². The lowest BCUT2D eigenvalue weighted by Gasteiger charge is -2.17. The number of methoxy groups -OCH3 is 1. The van der Waals surface area contributed by atoms with Crippen LogP contribution in [0.15, 0.2) is 44.6 Å². The van der Waals surface area contributed by atoms with Crippen molar-refractivity contribution in [2.45, 2.75) is 40.5 Å². The first-order valence-corrected chi connectivity index (χ1v) is 9.66. The molecule has 0 amide bonds. The molecule has 3 aromatic rings. The van der Waals surface area contributed by atoms with Gasteiger partial charge in [0, 0.05) is 11.1 Å². The SMILES string of the molecule is COc1c(CC=C(C)C)c(O)c2c(=O)c3ccc(O)c(O)c3oc2c1CC=C(C)C. The molecule has 3 N–H and O–H groups in total. The Labute approximate surface area is 174 Å². The van der Waals surface area contributed by atoms with E-state index in [1.54, 1.807) is 0 Å². The van der Waals surface area contributed by atoms with Crippen molar-refractivity contribution in [3.05, 3.63) is 56.8 Å². The van der Waals surface area contributed by atoms with Crippen molar-refractivity contribution in [1.82, 2.24) is 0 Å². The molecule has 0 bridgehead atoms. The van der Waals surface area contributed by atoms with E-state index in [0.29, 0.717) is 29.7 Å². The van der Waals surface area contributed by atoms with Crippen molar-refractivity contribution in [3.8, 4) is 23.0 Å². The molecule has 6 heteroatoms. The van der Waals surface area contributed by atoms with Gasteiger partial charge in [0.25, 0.3) is 0 Å². The minimum atomic E-state index is -0.522. The Morgan fingerprint density at radius 2 is 1.53 bits per heavy atom. The Morgan fingerprint density at radius 3 is 2.10 bits per heavy atom. The van der Waals surface area contributed by atoms with Crippen molar-refractivity contribution in [2.24, 2.45) is 0 Å². The smallest absolute Gasteiger partial charge is 0.204 e. The maximum atomic E-state index is 13.3. The quantitative estimate of drug-likeness (QED) is 0.308. The molecule has 0 atom stereocenters. The molecular weight excluding hydrogens is 384 g/mol. The highest BCUT2D eigenvalue weighted by Crippen LogP contribution is 2.43.